The molecule has 0 saturated carbocycles. The van der Waals surface area contributed by atoms with Crippen molar-refractivity contribution < 1.29 is 27.4 Å². The second kappa shape index (κ2) is 11.3. The van der Waals surface area contributed by atoms with Gasteiger partial charge in [-0.15, -0.1) is 0 Å². The number of carbonyl (C=O) groups excluding carboxylic acids is 1. The zero-order chi connectivity index (χ0) is 25.8. The number of carbonyl (C=O) groups is 1. The van der Waals surface area contributed by atoms with Gasteiger partial charge < -0.3 is 14.8 Å². The maximum atomic E-state index is 13.1. The lowest BCUT2D eigenvalue weighted by Crippen LogP contribution is -2.38. The number of hydrogen-bond acceptors (Lipinski definition) is 6. The predicted octanol–water partition coefficient (Wildman–Crippen LogP) is 3.15. The Morgan fingerprint density at radius 1 is 1.22 bits per heavy atom. The minimum absolute atomic E-state index is 0.110. The molecule has 2 atom stereocenters. The highest BCUT2D eigenvalue weighted by atomic mass is 19.4. The normalized spacial score (nSPS) is 23.9. The van der Waals surface area contributed by atoms with Gasteiger partial charge in [-0.3, -0.25) is 19.6 Å². The number of pyridine rings is 1. The third kappa shape index (κ3) is 6.56. The number of hydrogen-bond donors (Lipinski definition) is 1. The van der Waals surface area contributed by atoms with Crippen LogP contribution in [0.25, 0.3) is 0 Å². The second-order valence-electron chi connectivity index (χ2n) is 9.80. The van der Waals surface area contributed by atoms with Crippen LogP contribution in [0.3, 0.4) is 0 Å². The number of benzene rings is 1. The van der Waals surface area contributed by atoms with Crippen molar-refractivity contribution in [2.24, 2.45) is 0 Å². The number of amides is 1. The minimum Gasteiger partial charge on any atom is -0.380 e. The van der Waals surface area contributed by atoms with E-state index in [4.69, 9.17) is 9.47 Å². The molecule has 37 heavy (non-hydrogen) atoms. The molecule has 2 fully saturated rings. The predicted molar refractivity (Wildman–Crippen MR) is 130 cm³/mol. The molecule has 1 aromatic carbocycles. The van der Waals surface area contributed by atoms with E-state index in [0.717, 1.165) is 35.9 Å². The van der Waals surface area contributed by atoms with Crippen LogP contribution in [0.1, 0.15) is 28.8 Å². The number of halogens is 3. The van der Waals surface area contributed by atoms with Crippen LogP contribution in [0.15, 0.2) is 54.4 Å². The lowest BCUT2D eigenvalue weighted by molar-refractivity contribution is -0.137. The number of ether oxygens (including phenoxy) is 2. The number of aromatic nitrogens is 1. The van der Waals surface area contributed by atoms with Crippen molar-refractivity contribution in [2.45, 2.75) is 44.3 Å². The molecule has 0 spiro atoms. The van der Waals surface area contributed by atoms with E-state index in [-0.39, 0.29) is 18.6 Å². The molecule has 1 aromatic heterocycles. The Labute approximate surface area is 214 Å². The molecule has 10 heteroatoms. The Morgan fingerprint density at radius 2 is 2.11 bits per heavy atom. The number of alkyl halides is 3. The Bertz CT molecular complexity index is 1120. The topological polar surface area (TPSA) is 66.9 Å². The van der Waals surface area contributed by atoms with E-state index in [0.29, 0.717) is 57.4 Å². The first-order valence-electron chi connectivity index (χ1n) is 12.6. The van der Waals surface area contributed by atoms with Crippen molar-refractivity contribution in [2.75, 3.05) is 39.4 Å². The van der Waals surface area contributed by atoms with Gasteiger partial charge in [0.25, 0.3) is 0 Å². The van der Waals surface area contributed by atoms with E-state index in [1.807, 2.05) is 23.1 Å². The lowest BCUT2D eigenvalue weighted by Gasteiger charge is -2.28. The SMILES string of the molecule is O=C(CN1CCc2ccc(C(F)(F)F)cc2C1)NC=C1CN(C2CCOC2)C[C@@H]1OCc1ccccn1. The first-order valence-corrected chi connectivity index (χ1v) is 12.6. The molecule has 5 rings (SSSR count). The standard InChI is InChI=1S/C27H31F3N4O3/c28-27(29,30)22-5-4-19-6-9-33(13-20(19)11-22)16-26(35)32-12-21-14-34(24-7-10-36-18-24)15-25(21)37-17-23-3-1-2-8-31-23/h1-5,8,11-12,24-25H,6-7,9-10,13-18H2,(H,32,35)/t24?,25-/m0/s1. The van der Waals surface area contributed by atoms with Crippen molar-refractivity contribution >= 4 is 5.91 Å². The van der Waals surface area contributed by atoms with E-state index >= 15 is 0 Å². The lowest BCUT2D eigenvalue weighted by atomic mass is 9.97. The van der Waals surface area contributed by atoms with Crippen molar-refractivity contribution in [1.82, 2.24) is 20.1 Å². The van der Waals surface area contributed by atoms with Gasteiger partial charge in [0.2, 0.25) is 5.91 Å². The number of nitrogens with zero attached hydrogens (tertiary/aromatic N) is 3. The molecule has 198 valence electrons. The molecule has 2 saturated heterocycles. The summed E-state index contributed by atoms with van der Waals surface area (Å²) in [5.41, 5.74) is 2.70. The quantitative estimate of drug-likeness (QED) is 0.610. The zero-order valence-electron chi connectivity index (χ0n) is 20.5. The minimum atomic E-state index is -4.38. The maximum Gasteiger partial charge on any atom is 0.416 e. The van der Waals surface area contributed by atoms with Crippen LogP contribution in [0, 0.1) is 0 Å². The highest BCUT2D eigenvalue weighted by molar-refractivity contribution is 5.79. The maximum absolute atomic E-state index is 13.1. The molecule has 1 N–H and O–H groups in total. The fourth-order valence-electron chi connectivity index (χ4n) is 5.14. The molecule has 0 bridgehead atoms. The van der Waals surface area contributed by atoms with Crippen molar-refractivity contribution in [3.05, 3.63) is 76.8 Å². The summed E-state index contributed by atoms with van der Waals surface area (Å²) < 4.78 is 51.1. The number of rotatable bonds is 7. The molecule has 0 aliphatic carbocycles. The monoisotopic (exact) mass is 516 g/mol. The molecule has 4 heterocycles. The summed E-state index contributed by atoms with van der Waals surface area (Å²) in [5, 5.41) is 2.89. The third-order valence-electron chi connectivity index (χ3n) is 7.19. The Balaban J connectivity index is 1.19. The fourth-order valence-corrected chi connectivity index (χ4v) is 5.14. The summed E-state index contributed by atoms with van der Waals surface area (Å²) in [7, 11) is 0. The summed E-state index contributed by atoms with van der Waals surface area (Å²) in [6.45, 7) is 4.25. The zero-order valence-corrected chi connectivity index (χ0v) is 20.5. The van der Waals surface area contributed by atoms with Gasteiger partial charge in [0.05, 0.1) is 37.1 Å². The molecular formula is C27H31F3N4O3. The smallest absolute Gasteiger partial charge is 0.380 e. The van der Waals surface area contributed by atoms with Crippen LogP contribution in [-0.2, 0) is 40.0 Å². The summed E-state index contributed by atoms with van der Waals surface area (Å²) in [5.74, 6) is -0.200. The van der Waals surface area contributed by atoms with Crippen molar-refractivity contribution in [3.63, 3.8) is 0 Å². The highest BCUT2D eigenvalue weighted by Gasteiger charge is 2.35. The van der Waals surface area contributed by atoms with Gasteiger partial charge in [0.15, 0.2) is 0 Å². The summed E-state index contributed by atoms with van der Waals surface area (Å²) >= 11 is 0. The third-order valence-corrected chi connectivity index (χ3v) is 7.19. The van der Waals surface area contributed by atoms with Crippen molar-refractivity contribution in [1.29, 1.82) is 0 Å². The first kappa shape index (κ1) is 25.8. The molecule has 3 aliphatic rings. The van der Waals surface area contributed by atoms with Gasteiger partial charge in [0.1, 0.15) is 0 Å². The van der Waals surface area contributed by atoms with Gasteiger partial charge in [-0.25, -0.2) is 0 Å². The van der Waals surface area contributed by atoms with Crippen LogP contribution < -0.4 is 5.32 Å². The first-order chi connectivity index (χ1) is 17.8. The van der Waals surface area contributed by atoms with Crippen LogP contribution >= 0.6 is 0 Å². The Morgan fingerprint density at radius 3 is 2.86 bits per heavy atom. The average Bonchev–Trinajstić information content (AvgIpc) is 3.56. The van der Waals surface area contributed by atoms with Gasteiger partial charge in [-0.05, 0) is 53.8 Å². The van der Waals surface area contributed by atoms with E-state index in [9.17, 15) is 18.0 Å². The van der Waals surface area contributed by atoms with Crippen LogP contribution in [0.4, 0.5) is 13.2 Å². The fraction of sp³-hybridized carbons (Fsp3) is 0.481. The summed E-state index contributed by atoms with van der Waals surface area (Å²) in [6, 6.07) is 9.90. The molecule has 0 radical (unpaired) electrons. The molecule has 1 amide bonds. The van der Waals surface area contributed by atoms with E-state index in [1.165, 1.54) is 6.07 Å². The number of nitrogens with one attached hydrogen (secondary N) is 1. The molecular weight excluding hydrogens is 485 g/mol. The Hall–Kier alpha value is -2.79. The van der Waals surface area contributed by atoms with Gasteiger partial charge in [-0.1, -0.05) is 12.1 Å². The summed E-state index contributed by atoms with van der Waals surface area (Å²) in [6.07, 6.45) is 0.500. The van der Waals surface area contributed by atoms with E-state index in [1.54, 1.807) is 18.5 Å². The van der Waals surface area contributed by atoms with Gasteiger partial charge >= 0.3 is 6.18 Å². The molecule has 1 unspecified atom stereocenters. The molecule has 3 aliphatic heterocycles. The molecule has 7 nitrogen and oxygen atoms in total. The highest BCUT2D eigenvalue weighted by Crippen LogP contribution is 2.32. The largest absolute Gasteiger partial charge is 0.416 e. The van der Waals surface area contributed by atoms with Crippen molar-refractivity contribution in [3.8, 4) is 0 Å². The average molecular weight is 517 g/mol. The summed E-state index contributed by atoms with van der Waals surface area (Å²) in [4.78, 5) is 21.3. The number of fused-ring (bicyclic) bond motifs is 1. The molecule has 2 aromatic rings. The van der Waals surface area contributed by atoms with Crippen LogP contribution in [0.5, 0.6) is 0 Å². The van der Waals surface area contributed by atoms with E-state index in [2.05, 4.69) is 15.2 Å². The van der Waals surface area contributed by atoms with Gasteiger partial charge in [-0.2, -0.15) is 13.2 Å². The Kier molecular flexibility index (Phi) is 7.89. The van der Waals surface area contributed by atoms with E-state index < -0.39 is 11.7 Å². The number of likely N-dealkylation sites (tertiary alicyclic amines) is 1. The van der Waals surface area contributed by atoms with Gasteiger partial charge in [0, 0.05) is 51.2 Å². The van der Waals surface area contributed by atoms with Crippen LogP contribution in [0.2, 0.25) is 0 Å². The van der Waals surface area contributed by atoms with Crippen LogP contribution in [-0.4, -0.2) is 72.2 Å². The second-order valence-corrected chi connectivity index (χ2v) is 9.80.